The van der Waals surface area contributed by atoms with Gasteiger partial charge in [-0.1, -0.05) is 29.8 Å². The van der Waals surface area contributed by atoms with Crippen LogP contribution in [0.4, 0.5) is 11.5 Å². The van der Waals surface area contributed by atoms with Crippen molar-refractivity contribution in [1.29, 1.82) is 0 Å². The summed E-state index contributed by atoms with van der Waals surface area (Å²) < 4.78 is 32.6. The molecule has 0 saturated carbocycles. The average Bonchev–Trinajstić information content (AvgIpc) is 2.79. The number of nitrogens with one attached hydrogen (secondary N) is 3. The number of carbonyl (C=O) groups is 1. The van der Waals surface area contributed by atoms with E-state index in [1.165, 1.54) is 49.8 Å². The smallest absolute Gasteiger partial charge is 0.263 e. The fraction of sp³-hybridized carbons (Fsp3) is 0.0909. The van der Waals surface area contributed by atoms with Crippen molar-refractivity contribution in [3.05, 3.63) is 78.1 Å². The lowest BCUT2D eigenvalue weighted by atomic mass is 10.1. The lowest BCUT2D eigenvalue weighted by molar-refractivity contribution is -0.115. The van der Waals surface area contributed by atoms with Gasteiger partial charge < -0.3 is 10.1 Å². The number of carbonyl (C=O) groups excluding carboxylic acids is 1. The second kappa shape index (κ2) is 10.7. The van der Waals surface area contributed by atoms with Gasteiger partial charge in [0, 0.05) is 24.2 Å². The van der Waals surface area contributed by atoms with Crippen molar-refractivity contribution in [2.45, 2.75) is 11.8 Å². The number of amides is 1. The number of hydrogen-bond donors (Lipinski definition) is 3. The molecule has 1 aromatic heterocycles. The minimum Gasteiger partial charge on any atom is -0.478 e. The highest BCUT2D eigenvalue weighted by Gasteiger charge is 2.18. The van der Waals surface area contributed by atoms with Gasteiger partial charge in [0.05, 0.1) is 12.0 Å². The topological polar surface area (TPSA) is 122 Å². The highest BCUT2D eigenvalue weighted by atomic mass is 32.2. The van der Waals surface area contributed by atoms with Crippen LogP contribution in [0.1, 0.15) is 11.1 Å². The fourth-order valence-electron chi connectivity index (χ4n) is 2.61. The van der Waals surface area contributed by atoms with E-state index in [2.05, 4.69) is 25.3 Å². The largest absolute Gasteiger partial charge is 0.478 e. The molecule has 3 aromatic rings. The molecule has 3 rings (SSSR count). The Morgan fingerprint density at radius 3 is 2.36 bits per heavy atom. The maximum atomic E-state index is 12.6. The van der Waals surface area contributed by atoms with Crippen molar-refractivity contribution in [3.8, 4) is 5.88 Å². The zero-order valence-electron chi connectivity index (χ0n) is 17.8. The van der Waals surface area contributed by atoms with Crippen LogP contribution in [0.3, 0.4) is 0 Å². The summed E-state index contributed by atoms with van der Waals surface area (Å²) in [4.78, 5) is 19.9. The van der Waals surface area contributed by atoms with Gasteiger partial charge in [0.1, 0.15) is 0 Å². The number of aromatic nitrogens is 2. The van der Waals surface area contributed by atoms with Crippen molar-refractivity contribution < 1.29 is 17.9 Å². The Bertz CT molecular complexity index is 1270. The van der Waals surface area contributed by atoms with Gasteiger partial charge in [-0.05, 0) is 55.0 Å². The molecule has 0 aliphatic rings. The van der Waals surface area contributed by atoms with Crippen LogP contribution in [0.2, 0.25) is 0 Å². The van der Waals surface area contributed by atoms with E-state index < -0.39 is 15.9 Å². The molecule has 0 bridgehead atoms. The molecule has 2 aromatic carbocycles. The van der Waals surface area contributed by atoms with E-state index in [0.29, 0.717) is 5.69 Å². The molecule has 33 heavy (non-hydrogen) atoms. The number of thiocarbonyl (C=S) groups is 1. The molecule has 9 nitrogen and oxygen atoms in total. The zero-order chi connectivity index (χ0) is 23.8. The van der Waals surface area contributed by atoms with E-state index in [-0.39, 0.29) is 21.7 Å². The number of sulfonamides is 1. The third-order valence-corrected chi connectivity index (χ3v) is 5.81. The SMILES string of the molecule is COc1nccnc1NS(=O)(=O)c1ccc(NC(=S)NC(=O)/C=C/c2ccc(C)cc2)cc1. The van der Waals surface area contributed by atoms with Crippen molar-refractivity contribution in [1.82, 2.24) is 15.3 Å². The molecule has 3 N–H and O–H groups in total. The monoisotopic (exact) mass is 483 g/mol. The number of hydrogen-bond acceptors (Lipinski definition) is 7. The molecule has 0 radical (unpaired) electrons. The van der Waals surface area contributed by atoms with Crippen LogP contribution in [0.5, 0.6) is 5.88 Å². The maximum Gasteiger partial charge on any atom is 0.263 e. The van der Waals surface area contributed by atoms with Gasteiger partial charge in [-0.15, -0.1) is 0 Å². The molecule has 0 aliphatic heterocycles. The Morgan fingerprint density at radius 2 is 1.70 bits per heavy atom. The maximum absolute atomic E-state index is 12.6. The summed E-state index contributed by atoms with van der Waals surface area (Å²) in [5.74, 6) is -0.365. The third kappa shape index (κ3) is 6.82. The van der Waals surface area contributed by atoms with Crippen molar-refractivity contribution in [3.63, 3.8) is 0 Å². The minimum absolute atomic E-state index is 0.00302. The molecule has 0 unspecified atom stereocenters. The van der Waals surface area contributed by atoms with Crippen LogP contribution in [0.25, 0.3) is 6.08 Å². The van der Waals surface area contributed by atoms with Gasteiger partial charge in [0.2, 0.25) is 11.7 Å². The van der Waals surface area contributed by atoms with Gasteiger partial charge in [0.25, 0.3) is 15.9 Å². The Hall–Kier alpha value is -3.83. The minimum atomic E-state index is -3.92. The predicted molar refractivity (Wildman–Crippen MR) is 130 cm³/mol. The Balaban J connectivity index is 1.58. The summed E-state index contributed by atoms with van der Waals surface area (Å²) in [6.45, 7) is 1.98. The van der Waals surface area contributed by atoms with Crippen LogP contribution in [0.15, 0.2) is 71.9 Å². The zero-order valence-corrected chi connectivity index (χ0v) is 19.4. The van der Waals surface area contributed by atoms with Crippen LogP contribution in [-0.2, 0) is 14.8 Å². The number of benzene rings is 2. The molecule has 0 atom stereocenters. The molecular weight excluding hydrogens is 462 g/mol. The molecule has 1 heterocycles. The molecule has 1 amide bonds. The highest BCUT2D eigenvalue weighted by Crippen LogP contribution is 2.22. The molecular formula is C22H21N5O4S2. The van der Waals surface area contributed by atoms with Crippen molar-refractivity contribution in [2.24, 2.45) is 0 Å². The molecule has 0 fully saturated rings. The Morgan fingerprint density at radius 1 is 1.03 bits per heavy atom. The standard InChI is InChI=1S/C22H21N5O4S2/c1-15-3-5-16(6-4-15)7-12-19(28)26-22(32)25-17-8-10-18(11-9-17)33(29,30)27-20-21(31-2)24-14-13-23-20/h3-14H,1-2H3,(H,23,27)(H2,25,26,28,32)/b12-7+. The van der Waals surface area contributed by atoms with Crippen LogP contribution in [-0.4, -0.2) is 36.5 Å². The summed E-state index contributed by atoms with van der Waals surface area (Å²) in [6, 6.07) is 13.5. The summed E-state index contributed by atoms with van der Waals surface area (Å²) in [5.41, 5.74) is 2.52. The highest BCUT2D eigenvalue weighted by molar-refractivity contribution is 7.92. The quantitative estimate of drug-likeness (QED) is 0.346. The van der Waals surface area contributed by atoms with Gasteiger partial charge in [-0.25, -0.2) is 18.4 Å². The van der Waals surface area contributed by atoms with E-state index in [4.69, 9.17) is 17.0 Å². The first-order valence-electron chi connectivity index (χ1n) is 9.61. The van der Waals surface area contributed by atoms with E-state index in [1.54, 1.807) is 6.08 Å². The van der Waals surface area contributed by atoms with Crippen LogP contribution >= 0.6 is 12.2 Å². The molecule has 0 saturated heterocycles. The van der Waals surface area contributed by atoms with E-state index >= 15 is 0 Å². The second-order valence-electron chi connectivity index (χ2n) is 6.73. The van der Waals surface area contributed by atoms with Crippen LogP contribution in [0, 0.1) is 6.92 Å². The Labute approximate surface area is 197 Å². The van der Waals surface area contributed by atoms with E-state index in [9.17, 15) is 13.2 Å². The van der Waals surface area contributed by atoms with E-state index in [0.717, 1.165) is 11.1 Å². The van der Waals surface area contributed by atoms with Crippen molar-refractivity contribution >= 4 is 50.8 Å². The lowest BCUT2D eigenvalue weighted by Crippen LogP contribution is -2.32. The van der Waals surface area contributed by atoms with E-state index in [1.807, 2.05) is 31.2 Å². The first kappa shape index (κ1) is 23.8. The molecule has 11 heteroatoms. The number of rotatable bonds is 7. The fourth-order valence-corrected chi connectivity index (χ4v) is 3.84. The summed E-state index contributed by atoms with van der Waals surface area (Å²) >= 11 is 5.14. The molecule has 170 valence electrons. The van der Waals surface area contributed by atoms with Crippen LogP contribution < -0.4 is 20.1 Å². The second-order valence-corrected chi connectivity index (χ2v) is 8.82. The van der Waals surface area contributed by atoms with Gasteiger partial charge in [0.15, 0.2) is 5.11 Å². The molecule has 0 spiro atoms. The number of anilines is 2. The first-order valence-corrected chi connectivity index (χ1v) is 11.5. The summed E-state index contributed by atoms with van der Waals surface area (Å²) in [5, 5.41) is 5.44. The lowest BCUT2D eigenvalue weighted by Gasteiger charge is -2.11. The number of nitrogens with zero attached hydrogens (tertiary/aromatic N) is 2. The number of aryl methyl sites for hydroxylation is 1. The first-order chi connectivity index (χ1) is 15.8. The van der Waals surface area contributed by atoms with Gasteiger partial charge >= 0.3 is 0 Å². The summed E-state index contributed by atoms with van der Waals surface area (Å²) in [6.07, 6.45) is 5.78. The Kier molecular flexibility index (Phi) is 7.70. The third-order valence-electron chi connectivity index (χ3n) is 4.25. The normalized spacial score (nSPS) is 11.1. The van der Waals surface area contributed by atoms with Gasteiger partial charge in [-0.3, -0.25) is 14.8 Å². The predicted octanol–water partition coefficient (Wildman–Crippen LogP) is 3.12. The molecule has 0 aliphatic carbocycles. The number of methoxy groups -OCH3 is 1. The summed E-state index contributed by atoms with van der Waals surface area (Å²) in [7, 11) is -2.56. The van der Waals surface area contributed by atoms with Crippen molar-refractivity contribution in [2.75, 3.05) is 17.1 Å². The number of ether oxygens (including phenoxy) is 1. The van der Waals surface area contributed by atoms with Gasteiger partial charge in [-0.2, -0.15) is 0 Å². The average molecular weight is 484 g/mol.